The molecule has 1 rings (SSSR count). The van der Waals surface area contributed by atoms with Crippen LogP contribution in [-0.2, 0) is 0 Å². The second kappa shape index (κ2) is 4.04. The third-order valence-corrected chi connectivity index (χ3v) is 2.05. The van der Waals surface area contributed by atoms with Crippen molar-refractivity contribution in [2.45, 2.75) is 13.8 Å². The quantitative estimate of drug-likeness (QED) is 0.555. The molecule has 0 saturated heterocycles. The highest BCUT2D eigenvalue weighted by Crippen LogP contribution is 2.32. The molecule has 5 heteroatoms. The van der Waals surface area contributed by atoms with Crippen LogP contribution in [0.25, 0.3) is 0 Å². The van der Waals surface area contributed by atoms with Gasteiger partial charge in [-0.1, -0.05) is 6.07 Å². The zero-order valence-corrected chi connectivity index (χ0v) is 7.91. The largest absolute Gasteiger partial charge is 0.455 e. The molecular weight excluding hydrogens is 189 g/mol. The first-order chi connectivity index (χ1) is 6.57. The molecule has 0 aliphatic heterocycles. The summed E-state index contributed by atoms with van der Waals surface area (Å²) in [7, 11) is 0. The fourth-order valence-electron chi connectivity index (χ4n) is 1.16. The molecule has 0 aliphatic rings. The number of nitro benzene ring substituents is 1. The predicted molar refractivity (Wildman–Crippen MR) is 49.2 cm³/mol. The lowest BCUT2D eigenvalue weighted by atomic mass is 10.1. The van der Waals surface area contributed by atoms with Crippen LogP contribution in [0.4, 0.5) is 10.1 Å². The average Bonchev–Trinajstić information content (AvgIpc) is 2.13. The maximum Gasteiger partial charge on any atom is 0.311 e. The van der Waals surface area contributed by atoms with E-state index in [2.05, 4.69) is 4.74 Å². The van der Waals surface area contributed by atoms with Crippen LogP contribution in [0.15, 0.2) is 12.1 Å². The van der Waals surface area contributed by atoms with Gasteiger partial charge in [-0.25, -0.2) is 4.39 Å². The molecule has 14 heavy (non-hydrogen) atoms. The number of aryl methyl sites for hydroxylation is 1. The number of alkyl halides is 1. The Labute approximate surface area is 80.5 Å². The standard InChI is InChI=1S/C9H10FNO3/c1-6-3-4-8(11(12)13)9(7(6)2)14-5-10/h3-4H,5H2,1-2H3. The zero-order valence-electron chi connectivity index (χ0n) is 7.91. The normalized spacial score (nSPS) is 9.93. The van der Waals surface area contributed by atoms with Gasteiger partial charge in [0, 0.05) is 11.6 Å². The van der Waals surface area contributed by atoms with Crippen LogP contribution >= 0.6 is 0 Å². The minimum atomic E-state index is -1.06. The molecule has 0 unspecified atom stereocenters. The summed E-state index contributed by atoms with van der Waals surface area (Å²) in [6, 6.07) is 2.92. The Morgan fingerprint density at radius 1 is 1.50 bits per heavy atom. The molecule has 4 nitrogen and oxygen atoms in total. The lowest BCUT2D eigenvalue weighted by Crippen LogP contribution is -2.00. The first kappa shape index (κ1) is 10.4. The Balaban J connectivity index is 3.29. The van der Waals surface area contributed by atoms with Gasteiger partial charge in [0.25, 0.3) is 0 Å². The molecule has 0 aliphatic carbocycles. The summed E-state index contributed by atoms with van der Waals surface area (Å²) < 4.78 is 16.6. The van der Waals surface area contributed by atoms with Crippen molar-refractivity contribution in [3.8, 4) is 5.75 Å². The molecule has 0 radical (unpaired) electrons. The van der Waals surface area contributed by atoms with Crippen LogP contribution in [0.5, 0.6) is 5.75 Å². The van der Waals surface area contributed by atoms with E-state index in [1.54, 1.807) is 19.9 Å². The fraction of sp³-hybridized carbons (Fsp3) is 0.333. The summed E-state index contributed by atoms with van der Waals surface area (Å²) in [6.07, 6.45) is 0. The maximum absolute atomic E-state index is 12.0. The third kappa shape index (κ3) is 1.81. The maximum atomic E-state index is 12.0. The van der Waals surface area contributed by atoms with Crippen molar-refractivity contribution in [3.05, 3.63) is 33.4 Å². The van der Waals surface area contributed by atoms with E-state index in [4.69, 9.17) is 0 Å². The van der Waals surface area contributed by atoms with Gasteiger partial charge < -0.3 is 4.74 Å². The van der Waals surface area contributed by atoms with E-state index >= 15 is 0 Å². The lowest BCUT2D eigenvalue weighted by Gasteiger charge is -2.07. The smallest absolute Gasteiger partial charge is 0.311 e. The Hall–Kier alpha value is -1.65. The van der Waals surface area contributed by atoms with Gasteiger partial charge in [0.1, 0.15) is 0 Å². The highest BCUT2D eigenvalue weighted by Gasteiger charge is 2.18. The molecule has 0 saturated carbocycles. The van der Waals surface area contributed by atoms with E-state index in [-0.39, 0.29) is 11.4 Å². The summed E-state index contributed by atoms with van der Waals surface area (Å²) in [5, 5.41) is 10.6. The summed E-state index contributed by atoms with van der Waals surface area (Å²) in [4.78, 5) is 9.98. The second-order valence-electron chi connectivity index (χ2n) is 2.87. The Kier molecular flexibility index (Phi) is 3.01. The van der Waals surface area contributed by atoms with Crippen molar-refractivity contribution >= 4 is 5.69 Å². The molecule has 0 fully saturated rings. The van der Waals surface area contributed by atoms with Gasteiger partial charge in [0.05, 0.1) is 4.92 Å². The Morgan fingerprint density at radius 2 is 2.14 bits per heavy atom. The van der Waals surface area contributed by atoms with Gasteiger partial charge in [-0.3, -0.25) is 10.1 Å². The average molecular weight is 199 g/mol. The van der Waals surface area contributed by atoms with E-state index in [9.17, 15) is 14.5 Å². The Morgan fingerprint density at radius 3 is 2.64 bits per heavy atom. The molecule has 0 bridgehead atoms. The topological polar surface area (TPSA) is 52.4 Å². The van der Waals surface area contributed by atoms with Crippen LogP contribution in [0.3, 0.4) is 0 Å². The molecule has 0 spiro atoms. The molecule has 0 amide bonds. The molecule has 1 aromatic carbocycles. The van der Waals surface area contributed by atoms with E-state index in [1.165, 1.54) is 6.07 Å². The minimum Gasteiger partial charge on any atom is -0.455 e. The number of benzene rings is 1. The summed E-state index contributed by atoms with van der Waals surface area (Å²) in [6.45, 7) is 2.38. The van der Waals surface area contributed by atoms with Crippen LogP contribution < -0.4 is 4.74 Å². The van der Waals surface area contributed by atoms with Crippen molar-refractivity contribution in [1.29, 1.82) is 0 Å². The summed E-state index contributed by atoms with van der Waals surface area (Å²) >= 11 is 0. The first-order valence-corrected chi connectivity index (χ1v) is 4.01. The lowest BCUT2D eigenvalue weighted by molar-refractivity contribution is -0.386. The van der Waals surface area contributed by atoms with Gasteiger partial charge in [-0.2, -0.15) is 0 Å². The molecule has 76 valence electrons. The second-order valence-corrected chi connectivity index (χ2v) is 2.87. The minimum absolute atomic E-state index is 0.0116. The fourth-order valence-corrected chi connectivity index (χ4v) is 1.16. The van der Waals surface area contributed by atoms with E-state index < -0.39 is 11.8 Å². The van der Waals surface area contributed by atoms with Crippen LogP contribution in [0, 0.1) is 24.0 Å². The Bertz CT molecular complexity index is 365. The summed E-state index contributed by atoms with van der Waals surface area (Å²) in [5.74, 6) is 0.0116. The molecule has 0 heterocycles. The van der Waals surface area contributed by atoms with Crippen molar-refractivity contribution in [2.75, 3.05) is 6.86 Å². The molecular formula is C9H10FNO3. The van der Waals surface area contributed by atoms with Gasteiger partial charge >= 0.3 is 5.69 Å². The number of hydrogen-bond donors (Lipinski definition) is 0. The first-order valence-electron chi connectivity index (χ1n) is 4.01. The van der Waals surface area contributed by atoms with E-state index in [1.807, 2.05) is 0 Å². The molecule has 0 aromatic heterocycles. The highest BCUT2D eigenvalue weighted by molar-refractivity contribution is 5.54. The molecule has 1 aromatic rings. The third-order valence-electron chi connectivity index (χ3n) is 2.05. The van der Waals surface area contributed by atoms with Crippen molar-refractivity contribution in [1.82, 2.24) is 0 Å². The van der Waals surface area contributed by atoms with Gasteiger partial charge in [-0.15, -0.1) is 0 Å². The van der Waals surface area contributed by atoms with Crippen molar-refractivity contribution in [3.63, 3.8) is 0 Å². The molecule has 0 atom stereocenters. The van der Waals surface area contributed by atoms with E-state index in [0.717, 1.165) is 5.56 Å². The number of ether oxygens (including phenoxy) is 1. The van der Waals surface area contributed by atoms with Crippen LogP contribution in [0.1, 0.15) is 11.1 Å². The summed E-state index contributed by atoms with van der Waals surface area (Å²) in [5.41, 5.74) is 1.22. The molecule has 0 N–H and O–H groups in total. The monoisotopic (exact) mass is 199 g/mol. The number of nitrogens with zero attached hydrogens (tertiary/aromatic N) is 1. The number of rotatable bonds is 3. The van der Waals surface area contributed by atoms with Crippen LogP contribution in [0.2, 0.25) is 0 Å². The zero-order chi connectivity index (χ0) is 10.7. The number of nitro groups is 1. The SMILES string of the molecule is Cc1ccc([N+](=O)[O-])c(OCF)c1C. The highest BCUT2D eigenvalue weighted by atomic mass is 19.1. The van der Waals surface area contributed by atoms with Gasteiger partial charge in [-0.05, 0) is 19.4 Å². The van der Waals surface area contributed by atoms with Crippen molar-refractivity contribution in [2.24, 2.45) is 0 Å². The van der Waals surface area contributed by atoms with Gasteiger partial charge in [0.2, 0.25) is 12.6 Å². The van der Waals surface area contributed by atoms with E-state index in [0.29, 0.717) is 5.56 Å². The van der Waals surface area contributed by atoms with Crippen molar-refractivity contribution < 1.29 is 14.1 Å². The van der Waals surface area contributed by atoms with Crippen LogP contribution in [-0.4, -0.2) is 11.8 Å². The van der Waals surface area contributed by atoms with Gasteiger partial charge in [0.15, 0.2) is 0 Å². The predicted octanol–water partition coefficient (Wildman–Crippen LogP) is 2.52. The number of halogens is 1. The number of hydrogen-bond acceptors (Lipinski definition) is 3.